The molecule has 2 atom stereocenters. The third kappa shape index (κ3) is 4.19. The van der Waals surface area contributed by atoms with Gasteiger partial charge in [0.05, 0.1) is 19.1 Å². The quantitative estimate of drug-likeness (QED) is 0.780. The molecule has 2 rings (SSSR count). The Morgan fingerprint density at radius 1 is 1.26 bits per heavy atom. The van der Waals surface area contributed by atoms with Gasteiger partial charge in [0, 0.05) is 37.9 Å². The Hall–Kier alpha value is -2.15. The second-order valence-electron chi connectivity index (χ2n) is 5.91. The normalized spacial score (nSPS) is 21.2. The number of carbonyl (C=O) groups is 2. The average molecular weight is 321 g/mol. The van der Waals surface area contributed by atoms with Crippen LogP contribution in [-0.2, 0) is 16.6 Å². The first kappa shape index (κ1) is 17.2. The van der Waals surface area contributed by atoms with Crippen LogP contribution in [0.15, 0.2) is 23.1 Å². The molecule has 2 heterocycles. The van der Waals surface area contributed by atoms with Gasteiger partial charge in [0.2, 0.25) is 5.56 Å². The van der Waals surface area contributed by atoms with Gasteiger partial charge >= 0.3 is 5.97 Å². The summed E-state index contributed by atoms with van der Waals surface area (Å²) in [5.74, 6) is -0.415. The molecule has 0 saturated carbocycles. The van der Waals surface area contributed by atoms with Crippen molar-refractivity contribution in [1.82, 2.24) is 14.8 Å². The molecule has 0 aliphatic carbocycles. The number of hydrogen-bond donors (Lipinski definition) is 1. The van der Waals surface area contributed by atoms with Crippen molar-refractivity contribution in [3.63, 3.8) is 0 Å². The van der Waals surface area contributed by atoms with Gasteiger partial charge in [-0.25, -0.2) is 0 Å². The molecule has 7 nitrogen and oxygen atoms in total. The molecule has 0 radical (unpaired) electrons. The second-order valence-corrected chi connectivity index (χ2v) is 5.91. The standard InChI is InChI=1S/C16H23N3O4/c1-18-10-11(4-7-14(18)20)16(22)17-9-13-6-5-12(19(13)2)8-15(21)23-3/h4,7,10,12-13H,5-6,8-9H2,1-3H3,(H,17,22)/t12-,13+/m1/s1. The van der Waals surface area contributed by atoms with E-state index in [0.29, 0.717) is 18.5 Å². The van der Waals surface area contributed by atoms with Crippen molar-refractivity contribution in [1.29, 1.82) is 0 Å². The Labute approximate surface area is 135 Å². The Morgan fingerprint density at radius 3 is 2.61 bits per heavy atom. The number of likely N-dealkylation sites (N-methyl/N-ethyl adjacent to an activating group) is 1. The van der Waals surface area contributed by atoms with E-state index in [0.717, 1.165) is 12.8 Å². The number of carbonyl (C=O) groups excluding carboxylic acids is 2. The lowest BCUT2D eigenvalue weighted by Gasteiger charge is -2.25. The number of nitrogens with zero attached hydrogens (tertiary/aromatic N) is 2. The number of hydrogen-bond acceptors (Lipinski definition) is 5. The van der Waals surface area contributed by atoms with E-state index in [4.69, 9.17) is 4.74 Å². The van der Waals surface area contributed by atoms with E-state index in [-0.39, 0.29) is 29.5 Å². The van der Waals surface area contributed by atoms with E-state index in [1.807, 2.05) is 7.05 Å². The van der Waals surface area contributed by atoms with Gasteiger partial charge in [-0.05, 0) is 26.0 Å². The molecule has 126 valence electrons. The van der Waals surface area contributed by atoms with Crippen molar-refractivity contribution >= 4 is 11.9 Å². The fourth-order valence-electron chi connectivity index (χ4n) is 2.90. The van der Waals surface area contributed by atoms with E-state index in [9.17, 15) is 14.4 Å². The Bertz CT molecular complexity index is 640. The number of rotatable bonds is 5. The van der Waals surface area contributed by atoms with Crippen molar-refractivity contribution in [3.8, 4) is 0 Å². The summed E-state index contributed by atoms with van der Waals surface area (Å²) in [5.41, 5.74) is 0.307. The molecule has 23 heavy (non-hydrogen) atoms. The molecule has 0 bridgehead atoms. The van der Waals surface area contributed by atoms with Crippen LogP contribution in [0.5, 0.6) is 0 Å². The molecule has 1 amide bonds. The van der Waals surface area contributed by atoms with Crippen molar-refractivity contribution in [2.24, 2.45) is 7.05 Å². The summed E-state index contributed by atoms with van der Waals surface area (Å²) in [6, 6.07) is 3.25. The van der Waals surface area contributed by atoms with Gasteiger partial charge in [-0.1, -0.05) is 0 Å². The summed E-state index contributed by atoms with van der Waals surface area (Å²) in [5, 5.41) is 2.89. The summed E-state index contributed by atoms with van der Waals surface area (Å²) in [4.78, 5) is 37.0. The average Bonchev–Trinajstić information content (AvgIpc) is 2.88. The fraction of sp³-hybridized carbons (Fsp3) is 0.562. The molecule has 1 fully saturated rings. The number of amides is 1. The molecule has 1 aromatic heterocycles. The molecule has 1 N–H and O–H groups in total. The van der Waals surface area contributed by atoms with E-state index >= 15 is 0 Å². The predicted octanol–water partition coefficient (Wildman–Crippen LogP) is 0.141. The number of ether oxygens (including phenoxy) is 1. The molecule has 1 aliphatic heterocycles. The van der Waals surface area contributed by atoms with Gasteiger partial charge < -0.3 is 14.6 Å². The van der Waals surface area contributed by atoms with Gasteiger partial charge in [0.1, 0.15) is 0 Å². The summed E-state index contributed by atoms with van der Waals surface area (Å²) in [6.45, 7) is 0.510. The molecule has 1 aliphatic rings. The van der Waals surface area contributed by atoms with E-state index in [1.165, 1.54) is 30.0 Å². The molecular formula is C16H23N3O4. The number of aryl methyl sites for hydroxylation is 1. The Kier molecular flexibility index (Phi) is 5.54. The smallest absolute Gasteiger partial charge is 0.307 e. The van der Waals surface area contributed by atoms with Gasteiger partial charge in [-0.15, -0.1) is 0 Å². The molecule has 7 heteroatoms. The number of esters is 1. The molecule has 0 unspecified atom stereocenters. The summed E-state index contributed by atoms with van der Waals surface area (Å²) in [7, 11) is 4.97. The topological polar surface area (TPSA) is 80.6 Å². The first-order chi connectivity index (χ1) is 10.9. The summed E-state index contributed by atoms with van der Waals surface area (Å²) >= 11 is 0. The van der Waals surface area contributed by atoms with Crippen molar-refractivity contribution in [2.75, 3.05) is 20.7 Å². The first-order valence-electron chi connectivity index (χ1n) is 7.66. The lowest BCUT2D eigenvalue weighted by molar-refractivity contribution is -0.141. The Balaban J connectivity index is 1.88. The molecule has 1 saturated heterocycles. The minimum absolute atomic E-state index is 0.150. The highest BCUT2D eigenvalue weighted by Crippen LogP contribution is 2.24. The zero-order valence-electron chi connectivity index (χ0n) is 13.7. The lowest BCUT2D eigenvalue weighted by atomic mass is 10.1. The van der Waals surface area contributed by atoms with Gasteiger partial charge in [-0.2, -0.15) is 0 Å². The van der Waals surface area contributed by atoms with Crippen LogP contribution in [0.2, 0.25) is 0 Å². The summed E-state index contributed by atoms with van der Waals surface area (Å²) < 4.78 is 6.09. The van der Waals surface area contributed by atoms with Crippen LogP contribution in [0.25, 0.3) is 0 Å². The lowest BCUT2D eigenvalue weighted by Crippen LogP contribution is -2.41. The first-order valence-corrected chi connectivity index (χ1v) is 7.66. The zero-order valence-corrected chi connectivity index (χ0v) is 13.7. The van der Waals surface area contributed by atoms with Crippen LogP contribution < -0.4 is 10.9 Å². The van der Waals surface area contributed by atoms with Crippen LogP contribution in [0, 0.1) is 0 Å². The minimum atomic E-state index is -0.211. The van der Waals surface area contributed by atoms with E-state index in [1.54, 1.807) is 7.05 Å². The molecular weight excluding hydrogens is 298 g/mol. The monoisotopic (exact) mass is 321 g/mol. The maximum atomic E-state index is 12.2. The van der Waals surface area contributed by atoms with Gasteiger partial charge in [0.15, 0.2) is 0 Å². The van der Waals surface area contributed by atoms with Crippen molar-refractivity contribution in [3.05, 3.63) is 34.2 Å². The highest BCUT2D eigenvalue weighted by molar-refractivity contribution is 5.93. The van der Waals surface area contributed by atoms with Crippen LogP contribution in [0.1, 0.15) is 29.6 Å². The zero-order chi connectivity index (χ0) is 17.0. The van der Waals surface area contributed by atoms with Crippen LogP contribution in [0.3, 0.4) is 0 Å². The van der Waals surface area contributed by atoms with E-state index in [2.05, 4.69) is 10.2 Å². The van der Waals surface area contributed by atoms with Gasteiger partial charge in [-0.3, -0.25) is 19.3 Å². The SMILES string of the molecule is COC(=O)C[C@H]1CC[C@@H](CNC(=O)c2ccc(=O)n(C)c2)N1C. The molecule has 1 aromatic rings. The fourth-order valence-corrected chi connectivity index (χ4v) is 2.90. The van der Waals surface area contributed by atoms with Crippen LogP contribution in [-0.4, -0.2) is 54.1 Å². The number of nitrogens with one attached hydrogen (secondary N) is 1. The Morgan fingerprint density at radius 2 is 1.96 bits per heavy atom. The largest absolute Gasteiger partial charge is 0.469 e. The van der Waals surface area contributed by atoms with Gasteiger partial charge in [0.25, 0.3) is 5.91 Å². The molecule has 0 aromatic carbocycles. The number of methoxy groups -OCH3 is 1. The maximum absolute atomic E-state index is 12.2. The highest BCUT2D eigenvalue weighted by Gasteiger charge is 2.32. The predicted molar refractivity (Wildman–Crippen MR) is 85.2 cm³/mol. The van der Waals surface area contributed by atoms with Crippen molar-refractivity contribution < 1.29 is 14.3 Å². The second kappa shape index (κ2) is 7.41. The minimum Gasteiger partial charge on any atom is -0.469 e. The van der Waals surface area contributed by atoms with Crippen LogP contribution in [0.4, 0.5) is 0 Å². The number of aromatic nitrogens is 1. The van der Waals surface area contributed by atoms with E-state index < -0.39 is 0 Å². The number of pyridine rings is 1. The number of likely N-dealkylation sites (tertiary alicyclic amines) is 1. The molecule has 0 spiro atoms. The third-order valence-corrected chi connectivity index (χ3v) is 4.46. The van der Waals surface area contributed by atoms with Crippen LogP contribution >= 0.6 is 0 Å². The third-order valence-electron chi connectivity index (χ3n) is 4.46. The van der Waals surface area contributed by atoms with Crippen molar-refractivity contribution in [2.45, 2.75) is 31.3 Å². The maximum Gasteiger partial charge on any atom is 0.307 e. The summed E-state index contributed by atoms with van der Waals surface area (Å²) in [6.07, 6.45) is 3.73. The highest BCUT2D eigenvalue weighted by atomic mass is 16.5.